The van der Waals surface area contributed by atoms with E-state index in [1.165, 1.54) is 21.6 Å². The highest BCUT2D eigenvalue weighted by atomic mass is 32.2. The highest BCUT2D eigenvalue weighted by Crippen LogP contribution is 2.35. The van der Waals surface area contributed by atoms with Crippen molar-refractivity contribution >= 4 is 58.0 Å². The summed E-state index contributed by atoms with van der Waals surface area (Å²) in [6.45, 7) is 2.46. The number of carbonyl (C=O) groups excluding carboxylic acids is 1. The first kappa shape index (κ1) is 25.2. The van der Waals surface area contributed by atoms with E-state index in [2.05, 4.69) is 31.2 Å². The Morgan fingerprint density at radius 1 is 1.17 bits per heavy atom. The molecule has 0 spiro atoms. The van der Waals surface area contributed by atoms with Crippen molar-refractivity contribution in [3.05, 3.63) is 71.3 Å². The van der Waals surface area contributed by atoms with Gasteiger partial charge in [-0.1, -0.05) is 61.2 Å². The molecule has 1 aliphatic rings. The van der Waals surface area contributed by atoms with E-state index in [0.717, 1.165) is 34.7 Å². The lowest BCUT2D eigenvalue weighted by Crippen LogP contribution is -2.29. The molecule has 0 aliphatic carbocycles. The molecule has 0 atom stereocenters. The minimum Gasteiger partial charge on any atom is -0.481 e. The zero-order valence-corrected chi connectivity index (χ0v) is 21.7. The van der Waals surface area contributed by atoms with Gasteiger partial charge in [0.25, 0.3) is 5.91 Å². The predicted octanol–water partition coefficient (Wildman–Crippen LogP) is 6.11. The van der Waals surface area contributed by atoms with Crippen molar-refractivity contribution < 1.29 is 14.7 Å². The van der Waals surface area contributed by atoms with E-state index in [1.807, 2.05) is 59.0 Å². The Hall–Kier alpha value is -2.88. The molecule has 1 N–H and O–H groups in total. The average Bonchev–Trinajstić information content (AvgIpc) is 3.40. The third kappa shape index (κ3) is 6.22. The van der Waals surface area contributed by atoms with E-state index < -0.39 is 5.97 Å². The molecule has 0 unspecified atom stereocenters. The molecule has 6 nitrogen and oxygen atoms in total. The number of carbonyl (C=O) groups is 2. The number of hydrogen-bond donors (Lipinski definition) is 1. The molecule has 35 heavy (non-hydrogen) atoms. The maximum Gasteiger partial charge on any atom is 0.303 e. The van der Waals surface area contributed by atoms with Crippen molar-refractivity contribution in [2.75, 3.05) is 12.3 Å². The molecule has 9 heteroatoms. The quantitative estimate of drug-likeness (QED) is 0.195. The van der Waals surface area contributed by atoms with Gasteiger partial charge in [-0.2, -0.15) is 5.10 Å². The van der Waals surface area contributed by atoms with Gasteiger partial charge in [-0.3, -0.25) is 14.5 Å². The van der Waals surface area contributed by atoms with Crippen LogP contribution >= 0.6 is 35.7 Å². The molecule has 1 aliphatic heterocycles. The van der Waals surface area contributed by atoms with Gasteiger partial charge in [0.1, 0.15) is 4.32 Å². The Morgan fingerprint density at radius 3 is 2.60 bits per heavy atom. The number of carboxylic acid groups (broad SMARTS) is 1. The lowest BCUT2D eigenvalue weighted by molar-refractivity contribution is -0.137. The fourth-order valence-corrected chi connectivity index (χ4v) is 5.65. The molecule has 0 saturated carbocycles. The summed E-state index contributed by atoms with van der Waals surface area (Å²) in [5.41, 5.74) is 3.47. The summed E-state index contributed by atoms with van der Waals surface area (Å²) in [5.74, 6) is -0.0141. The van der Waals surface area contributed by atoms with Crippen LogP contribution < -0.4 is 0 Å². The topological polar surface area (TPSA) is 75.4 Å². The van der Waals surface area contributed by atoms with Gasteiger partial charge in [0.05, 0.1) is 16.3 Å². The van der Waals surface area contributed by atoms with Crippen LogP contribution in [0.4, 0.5) is 0 Å². The Labute approximate surface area is 218 Å². The predicted molar refractivity (Wildman–Crippen MR) is 147 cm³/mol. The molecule has 1 fully saturated rings. The van der Waals surface area contributed by atoms with Crippen LogP contribution in [-0.2, 0) is 9.59 Å². The molecule has 0 radical (unpaired) electrons. The van der Waals surface area contributed by atoms with E-state index in [0.29, 0.717) is 22.2 Å². The Kier molecular flexibility index (Phi) is 8.43. The third-order valence-corrected chi connectivity index (χ3v) is 7.89. The molecule has 2 aromatic carbocycles. The van der Waals surface area contributed by atoms with Crippen LogP contribution in [0.15, 0.2) is 70.6 Å². The number of thiocarbonyl (C=S) groups is 1. The second-order valence-electron chi connectivity index (χ2n) is 7.92. The number of hydrogen-bond acceptors (Lipinski definition) is 6. The zero-order chi connectivity index (χ0) is 24.8. The molecular weight excluding hydrogens is 499 g/mol. The van der Waals surface area contributed by atoms with Crippen LogP contribution in [0.3, 0.4) is 0 Å². The molecule has 0 bridgehead atoms. The largest absolute Gasteiger partial charge is 0.481 e. The van der Waals surface area contributed by atoms with Crippen LogP contribution in [-0.4, -0.2) is 48.3 Å². The lowest BCUT2D eigenvalue weighted by Gasteiger charge is -2.13. The number of para-hydroxylation sites is 1. The van der Waals surface area contributed by atoms with Crippen LogP contribution in [0.1, 0.15) is 31.7 Å². The molecular formula is C26H25N3O3S3. The molecule has 2 heterocycles. The van der Waals surface area contributed by atoms with E-state index in [-0.39, 0.29) is 12.3 Å². The van der Waals surface area contributed by atoms with Gasteiger partial charge in [-0.15, -0.1) is 11.8 Å². The van der Waals surface area contributed by atoms with Gasteiger partial charge in [0, 0.05) is 35.2 Å². The number of amides is 1. The van der Waals surface area contributed by atoms with E-state index >= 15 is 0 Å². The standard InChI is InChI=1S/C26H25N3O3S3/c1-2-15-34-21-12-10-18(11-13-21)24-19(17-29(27-24)20-7-4-3-5-8-20)16-22-25(32)28(26(33)35-22)14-6-9-23(30)31/h3-5,7-8,10-13,16-17H,2,6,9,14-15H2,1H3,(H,30,31)/b22-16-. The van der Waals surface area contributed by atoms with Crippen molar-refractivity contribution in [1.29, 1.82) is 0 Å². The SMILES string of the molecule is CCCSc1ccc(-c2nn(-c3ccccc3)cc2/C=C2\SC(=S)N(CCCC(=O)O)C2=O)cc1. The normalized spacial score (nSPS) is 14.8. The zero-order valence-electron chi connectivity index (χ0n) is 19.2. The van der Waals surface area contributed by atoms with Gasteiger partial charge in [0.2, 0.25) is 0 Å². The Bertz CT molecular complexity index is 1250. The van der Waals surface area contributed by atoms with E-state index in [4.69, 9.17) is 22.4 Å². The van der Waals surface area contributed by atoms with Crippen LogP contribution in [0.25, 0.3) is 23.0 Å². The Morgan fingerprint density at radius 2 is 1.91 bits per heavy atom. The van der Waals surface area contributed by atoms with Crippen molar-refractivity contribution in [2.45, 2.75) is 31.1 Å². The smallest absolute Gasteiger partial charge is 0.303 e. The minimum atomic E-state index is -0.886. The number of carboxylic acids is 1. The maximum absolute atomic E-state index is 13.0. The first-order valence-electron chi connectivity index (χ1n) is 11.3. The molecule has 4 rings (SSSR count). The monoisotopic (exact) mass is 523 g/mol. The minimum absolute atomic E-state index is 0.00333. The van der Waals surface area contributed by atoms with Gasteiger partial charge in [0.15, 0.2) is 0 Å². The number of aromatic nitrogens is 2. The van der Waals surface area contributed by atoms with Crippen LogP contribution in [0.5, 0.6) is 0 Å². The average molecular weight is 524 g/mol. The first-order chi connectivity index (χ1) is 17.0. The summed E-state index contributed by atoms with van der Waals surface area (Å²) in [7, 11) is 0. The summed E-state index contributed by atoms with van der Waals surface area (Å²) < 4.78 is 2.26. The number of thioether (sulfide) groups is 2. The van der Waals surface area contributed by atoms with Crippen molar-refractivity contribution in [3.8, 4) is 16.9 Å². The molecule has 1 aromatic heterocycles. The Balaban J connectivity index is 1.66. The van der Waals surface area contributed by atoms with Gasteiger partial charge in [-0.25, -0.2) is 4.68 Å². The number of rotatable bonds is 10. The summed E-state index contributed by atoms with van der Waals surface area (Å²) in [6, 6.07) is 18.1. The second-order valence-corrected chi connectivity index (χ2v) is 10.8. The summed E-state index contributed by atoms with van der Waals surface area (Å²) >= 11 is 8.46. The highest BCUT2D eigenvalue weighted by molar-refractivity contribution is 8.26. The number of benzene rings is 2. The van der Waals surface area contributed by atoms with Gasteiger partial charge >= 0.3 is 5.97 Å². The molecule has 1 amide bonds. The highest BCUT2D eigenvalue weighted by Gasteiger charge is 2.32. The van der Waals surface area contributed by atoms with E-state index in [9.17, 15) is 9.59 Å². The van der Waals surface area contributed by atoms with Gasteiger partial charge in [-0.05, 0) is 48.9 Å². The van der Waals surface area contributed by atoms with Crippen molar-refractivity contribution in [1.82, 2.24) is 14.7 Å². The summed E-state index contributed by atoms with van der Waals surface area (Å²) in [4.78, 5) is 27.1. The fourth-order valence-electron chi connectivity index (χ4n) is 3.58. The van der Waals surface area contributed by atoms with Crippen LogP contribution in [0, 0.1) is 0 Å². The fraction of sp³-hybridized carbons (Fsp3) is 0.231. The van der Waals surface area contributed by atoms with Crippen molar-refractivity contribution in [2.24, 2.45) is 0 Å². The van der Waals surface area contributed by atoms with Crippen LogP contribution in [0.2, 0.25) is 0 Å². The maximum atomic E-state index is 13.0. The lowest BCUT2D eigenvalue weighted by atomic mass is 10.1. The summed E-state index contributed by atoms with van der Waals surface area (Å²) in [6.07, 6.45) is 5.22. The second kappa shape index (κ2) is 11.7. The molecule has 1 saturated heterocycles. The van der Waals surface area contributed by atoms with Crippen molar-refractivity contribution in [3.63, 3.8) is 0 Å². The summed E-state index contributed by atoms with van der Waals surface area (Å²) in [5, 5.41) is 13.7. The number of aliphatic carboxylic acids is 1. The first-order valence-corrected chi connectivity index (χ1v) is 13.5. The van der Waals surface area contributed by atoms with Gasteiger partial charge < -0.3 is 5.11 Å². The molecule has 180 valence electrons. The van der Waals surface area contributed by atoms with E-state index in [1.54, 1.807) is 0 Å². The molecule has 3 aromatic rings. The third-order valence-electron chi connectivity index (χ3n) is 5.30. The number of nitrogens with zero attached hydrogens (tertiary/aromatic N) is 3.